The molecular weight excluding hydrogens is 200 g/mol. The van der Waals surface area contributed by atoms with Crippen molar-refractivity contribution in [2.75, 3.05) is 6.54 Å². The summed E-state index contributed by atoms with van der Waals surface area (Å²) >= 11 is 5.71. The number of halogens is 1. The molecule has 1 rings (SSSR count). The summed E-state index contributed by atoms with van der Waals surface area (Å²) in [5, 5.41) is 13.3. The smallest absolute Gasteiger partial charge is 0.129 e. The maximum absolute atomic E-state index is 9.74. The number of aliphatic hydroxyl groups is 1. The minimum Gasteiger partial charge on any atom is -0.387 e. The lowest BCUT2D eigenvalue weighted by Crippen LogP contribution is -2.27. The van der Waals surface area contributed by atoms with E-state index in [-0.39, 0.29) is 0 Å². The van der Waals surface area contributed by atoms with E-state index in [1.807, 2.05) is 13.8 Å². The Morgan fingerprint density at radius 3 is 2.86 bits per heavy atom. The fourth-order valence-electron chi connectivity index (χ4n) is 1.09. The third-order valence-corrected chi connectivity index (χ3v) is 2.06. The Morgan fingerprint density at radius 2 is 2.29 bits per heavy atom. The summed E-state index contributed by atoms with van der Waals surface area (Å²) in [6.45, 7) is 4.59. The van der Waals surface area contributed by atoms with Crippen molar-refractivity contribution in [1.29, 1.82) is 0 Å². The molecule has 0 bridgehead atoms. The molecule has 2 N–H and O–H groups in total. The summed E-state index contributed by atoms with van der Waals surface area (Å²) in [7, 11) is 0. The maximum Gasteiger partial charge on any atom is 0.129 e. The van der Waals surface area contributed by atoms with E-state index in [2.05, 4.69) is 10.3 Å². The van der Waals surface area contributed by atoms with E-state index in [1.165, 1.54) is 0 Å². The summed E-state index contributed by atoms with van der Waals surface area (Å²) in [6.07, 6.45) is 1.06. The number of hydrogen-bond acceptors (Lipinski definition) is 3. The van der Waals surface area contributed by atoms with Gasteiger partial charge in [-0.25, -0.2) is 4.98 Å². The molecule has 1 aromatic heterocycles. The van der Waals surface area contributed by atoms with E-state index in [0.29, 0.717) is 17.7 Å². The Morgan fingerprint density at radius 1 is 1.57 bits per heavy atom. The van der Waals surface area contributed by atoms with Crippen LogP contribution in [0.5, 0.6) is 0 Å². The molecule has 3 nitrogen and oxygen atoms in total. The Kier molecular flexibility index (Phi) is 4.32. The van der Waals surface area contributed by atoms with Crippen LogP contribution >= 0.6 is 11.6 Å². The fraction of sp³-hybridized carbons (Fsp3) is 0.500. The van der Waals surface area contributed by atoms with E-state index in [9.17, 15) is 5.11 Å². The third-order valence-electron chi connectivity index (χ3n) is 1.85. The van der Waals surface area contributed by atoms with Crippen molar-refractivity contribution in [1.82, 2.24) is 10.3 Å². The van der Waals surface area contributed by atoms with Crippen molar-refractivity contribution in [3.8, 4) is 0 Å². The van der Waals surface area contributed by atoms with Gasteiger partial charge in [0, 0.05) is 18.8 Å². The first-order valence-electron chi connectivity index (χ1n) is 4.62. The molecule has 0 saturated carbocycles. The van der Waals surface area contributed by atoms with Crippen LogP contribution in [0.4, 0.5) is 0 Å². The summed E-state index contributed by atoms with van der Waals surface area (Å²) in [6, 6.07) is 3.80. The molecule has 0 aromatic carbocycles. The minimum atomic E-state index is -0.530. The van der Waals surface area contributed by atoms with Gasteiger partial charge in [0.05, 0.1) is 6.10 Å². The van der Waals surface area contributed by atoms with Gasteiger partial charge in [-0.15, -0.1) is 0 Å². The van der Waals surface area contributed by atoms with Crippen LogP contribution in [-0.2, 0) is 0 Å². The molecule has 1 heterocycles. The lowest BCUT2D eigenvalue weighted by molar-refractivity contribution is 0.171. The zero-order valence-electron chi connectivity index (χ0n) is 8.37. The average molecular weight is 215 g/mol. The van der Waals surface area contributed by atoms with E-state index >= 15 is 0 Å². The predicted octanol–water partition coefficient (Wildman–Crippen LogP) is 1.77. The van der Waals surface area contributed by atoms with Gasteiger partial charge in [0.1, 0.15) is 5.15 Å². The van der Waals surface area contributed by atoms with E-state index < -0.39 is 6.10 Å². The van der Waals surface area contributed by atoms with Crippen LogP contribution in [0.1, 0.15) is 25.5 Å². The number of aliphatic hydroxyl groups excluding tert-OH is 1. The molecule has 4 heteroatoms. The Bertz CT molecular complexity index is 291. The average Bonchev–Trinajstić information content (AvgIpc) is 2.14. The van der Waals surface area contributed by atoms with Gasteiger partial charge in [0.2, 0.25) is 0 Å². The van der Waals surface area contributed by atoms with Gasteiger partial charge < -0.3 is 10.4 Å². The molecule has 14 heavy (non-hydrogen) atoms. The van der Waals surface area contributed by atoms with Crippen LogP contribution in [0.15, 0.2) is 18.3 Å². The molecule has 0 saturated heterocycles. The molecule has 1 aromatic rings. The largest absolute Gasteiger partial charge is 0.387 e. The van der Waals surface area contributed by atoms with Crippen molar-refractivity contribution in [2.45, 2.75) is 26.0 Å². The first-order valence-corrected chi connectivity index (χ1v) is 5.00. The molecule has 0 fully saturated rings. The molecule has 0 aliphatic rings. The summed E-state index contributed by atoms with van der Waals surface area (Å²) < 4.78 is 0. The van der Waals surface area contributed by atoms with Crippen LogP contribution in [0.2, 0.25) is 5.15 Å². The number of pyridine rings is 1. The summed E-state index contributed by atoms with van der Waals surface area (Å²) in [4.78, 5) is 3.85. The van der Waals surface area contributed by atoms with Crippen LogP contribution in [0, 0.1) is 0 Å². The molecule has 0 aliphatic heterocycles. The molecule has 1 atom stereocenters. The lowest BCUT2D eigenvalue weighted by atomic mass is 10.1. The highest BCUT2D eigenvalue weighted by molar-refractivity contribution is 6.29. The van der Waals surface area contributed by atoms with Gasteiger partial charge in [-0.3, -0.25) is 0 Å². The maximum atomic E-state index is 9.74. The van der Waals surface area contributed by atoms with Crippen LogP contribution in [0.3, 0.4) is 0 Å². The van der Waals surface area contributed by atoms with E-state index in [4.69, 9.17) is 11.6 Å². The van der Waals surface area contributed by atoms with Crippen molar-refractivity contribution < 1.29 is 5.11 Å². The molecular formula is C10H15ClN2O. The van der Waals surface area contributed by atoms with Gasteiger partial charge >= 0.3 is 0 Å². The number of rotatable bonds is 4. The summed E-state index contributed by atoms with van der Waals surface area (Å²) in [5.41, 5.74) is 0.790. The van der Waals surface area contributed by atoms with Crippen LogP contribution in [0.25, 0.3) is 0 Å². The molecule has 1 unspecified atom stereocenters. The SMILES string of the molecule is CC(C)NCC(O)c1ccnc(Cl)c1. The predicted molar refractivity (Wildman–Crippen MR) is 57.3 cm³/mol. The van der Waals surface area contributed by atoms with Gasteiger partial charge in [-0.2, -0.15) is 0 Å². The van der Waals surface area contributed by atoms with Crippen molar-refractivity contribution in [2.24, 2.45) is 0 Å². The van der Waals surface area contributed by atoms with Crippen molar-refractivity contribution in [3.63, 3.8) is 0 Å². The second-order valence-corrected chi connectivity index (χ2v) is 3.88. The summed E-state index contributed by atoms with van der Waals surface area (Å²) in [5.74, 6) is 0. The number of hydrogen-bond donors (Lipinski definition) is 2. The Balaban J connectivity index is 2.56. The lowest BCUT2D eigenvalue weighted by Gasteiger charge is -2.14. The molecule has 0 amide bonds. The van der Waals surface area contributed by atoms with Gasteiger partial charge in [0.15, 0.2) is 0 Å². The molecule has 0 aliphatic carbocycles. The quantitative estimate of drug-likeness (QED) is 0.751. The molecule has 78 valence electrons. The van der Waals surface area contributed by atoms with Gasteiger partial charge in [-0.05, 0) is 17.7 Å². The molecule has 0 radical (unpaired) electrons. The topological polar surface area (TPSA) is 45.1 Å². The Labute approximate surface area is 89.1 Å². The normalized spacial score (nSPS) is 13.2. The van der Waals surface area contributed by atoms with E-state index in [1.54, 1.807) is 18.3 Å². The first-order chi connectivity index (χ1) is 6.59. The third kappa shape index (κ3) is 3.62. The first kappa shape index (κ1) is 11.4. The standard InChI is InChI=1S/C10H15ClN2O/c1-7(2)13-6-9(14)8-3-4-12-10(11)5-8/h3-5,7,9,13-14H,6H2,1-2H3. The minimum absolute atomic E-state index is 0.363. The van der Waals surface area contributed by atoms with Crippen LogP contribution < -0.4 is 5.32 Å². The van der Waals surface area contributed by atoms with Crippen LogP contribution in [-0.4, -0.2) is 22.7 Å². The van der Waals surface area contributed by atoms with Crippen molar-refractivity contribution in [3.05, 3.63) is 29.0 Å². The van der Waals surface area contributed by atoms with Gasteiger partial charge in [0.25, 0.3) is 0 Å². The second-order valence-electron chi connectivity index (χ2n) is 3.49. The zero-order valence-corrected chi connectivity index (χ0v) is 9.12. The number of nitrogens with zero attached hydrogens (tertiary/aromatic N) is 1. The molecule has 0 spiro atoms. The highest BCUT2D eigenvalue weighted by Crippen LogP contribution is 2.14. The van der Waals surface area contributed by atoms with Gasteiger partial charge in [-0.1, -0.05) is 25.4 Å². The zero-order chi connectivity index (χ0) is 10.6. The second kappa shape index (κ2) is 5.29. The van der Waals surface area contributed by atoms with Crippen molar-refractivity contribution >= 4 is 11.6 Å². The number of nitrogens with one attached hydrogen (secondary N) is 1. The number of aromatic nitrogens is 1. The Hall–Kier alpha value is -0.640. The highest BCUT2D eigenvalue weighted by Gasteiger charge is 2.08. The monoisotopic (exact) mass is 214 g/mol. The fourth-order valence-corrected chi connectivity index (χ4v) is 1.27. The highest BCUT2D eigenvalue weighted by atomic mass is 35.5. The van der Waals surface area contributed by atoms with E-state index in [0.717, 1.165) is 5.56 Å².